The van der Waals surface area contributed by atoms with Gasteiger partial charge in [-0.1, -0.05) is 78.9 Å². The number of aliphatic hydroxyl groups is 2. The zero-order valence-electron chi connectivity index (χ0n) is 54.8. The number of likely N-dealkylation sites (N-methyl/N-ethyl adjacent to an activating group) is 2. The minimum Gasteiger partial charge on any atom is -0.480 e. The standard InChI is InChI=1S/2C27H30N2O3S.C14H12O3S.C10H9IO3/c2*1-28(23(19-6-3-2-4-7-19)18-29-14-13-22(30)17-29)27(31)25-12-9-20-16-21(10-11-24(20)32-25)26-8-5-15-33-26;15-14(16)12-6-3-9-8-10(4-5-11(9)17-12)13-2-1-7-18-13;11-7-2-4-8-6(5-7)1-3-9(14-8)10(12)13/h2*2-8,10-11,15-16,22-23,25,30H,9,12-14,17-18H2,1H3;1-2,4-5,7-8,12H,3,6H2,(H,15,16);2,4-5,9H,1,3H2,(H,12,13)/t22-,23?,25+;22-,23?,25-;;/m00../s1. The van der Waals surface area contributed by atoms with Crippen LogP contribution in [0.2, 0.25) is 0 Å². The van der Waals surface area contributed by atoms with Crippen LogP contribution >= 0.6 is 56.6 Å². The minimum absolute atomic E-state index is 0.0107. The first-order valence-electron chi connectivity index (χ1n) is 33.4. The van der Waals surface area contributed by atoms with Crippen molar-refractivity contribution in [3.8, 4) is 54.3 Å². The molecule has 0 radical (unpaired) electrons. The highest BCUT2D eigenvalue weighted by atomic mass is 127. The number of benzene rings is 6. The van der Waals surface area contributed by atoms with Gasteiger partial charge in [-0.25, -0.2) is 9.59 Å². The lowest BCUT2D eigenvalue weighted by Crippen LogP contribution is -2.46. The molecule has 20 heteroatoms. The van der Waals surface area contributed by atoms with Crippen molar-refractivity contribution in [2.75, 3.05) is 53.4 Å². The van der Waals surface area contributed by atoms with Gasteiger partial charge in [0.1, 0.15) is 23.0 Å². The van der Waals surface area contributed by atoms with Gasteiger partial charge in [-0.3, -0.25) is 19.4 Å². The van der Waals surface area contributed by atoms with E-state index < -0.39 is 36.4 Å². The number of aliphatic carboxylic acids is 2. The van der Waals surface area contributed by atoms with Crippen molar-refractivity contribution in [2.24, 2.45) is 0 Å². The molecule has 9 heterocycles. The lowest BCUT2D eigenvalue weighted by Gasteiger charge is -2.35. The molecule has 16 nitrogen and oxygen atoms in total. The Balaban J connectivity index is 0.000000131. The quantitative estimate of drug-likeness (QED) is 0.0707. The SMILES string of the molecule is CN(C(=O)[C@@H]1CCc2cc(-c3cccs3)ccc2O1)C(CN1CC[C@H](O)C1)c1ccccc1.CN(C(=O)[C@H]1CCc2cc(-c3cccs3)ccc2O1)C(CN1CC[C@H](O)C1)c1ccccc1.O=C(O)C1CCc2cc(-c3cccs3)ccc2O1.O=C(O)C1CCc2cc(I)ccc2O1. The van der Waals surface area contributed by atoms with Crippen molar-refractivity contribution >= 4 is 80.4 Å². The number of rotatable bonds is 15. The van der Waals surface area contributed by atoms with Crippen LogP contribution in [0.5, 0.6) is 23.0 Å². The van der Waals surface area contributed by atoms with Crippen LogP contribution in [-0.4, -0.2) is 154 Å². The molecular weight excluding hydrogens is 1410 g/mol. The van der Waals surface area contributed by atoms with Crippen LogP contribution in [0.4, 0.5) is 0 Å². The van der Waals surface area contributed by atoms with Crippen molar-refractivity contribution in [3.63, 3.8) is 0 Å². The number of nitrogens with zero attached hydrogens (tertiary/aromatic N) is 4. The summed E-state index contributed by atoms with van der Waals surface area (Å²) in [6.45, 7) is 4.43. The van der Waals surface area contributed by atoms with E-state index in [-0.39, 0.29) is 36.1 Å². The summed E-state index contributed by atoms with van der Waals surface area (Å²) in [5.74, 6) is 1.29. The fraction of sp³-hybridized carbons (Fsp3) is 0.333. The third-order valence-electron chi connectivity index (χ3n) is 18.9. The van der Waals surface area contributed by atoms with Crippen molar-refractivity contribution in [3.05, 3.63) is 223 Å². The maximum Gasteiger partial charge on any atom is 0.344 e. The van der Waals surface area contributed by atoms with Gasteiger partial charge in [-0.2, -0.15) is 0 Å². The van der Waals surface area contributed by atoms with E-state index in [1.54, 1.807) is 34.0 Å². The summed E-state index contributed by atoms with van der Waals surface area (Å²) in [5, 5.41) is 43.9. The largest absolute Gasteiger partial charge is 0.480 e. The number of aryl methyl sites for hydroxylation is 4. The smallest absolute Gasteiger partial charge is 0.344 e. The molecule has 6 aromatic carbocycles. The molecule has 2 fully saturated rings. The number of carboxylic acid groups (broad SMARTS) is 2. The molecule has 0 aliphatic carbocycles. The lowest BCUT2D eigenvalue weighted by atomic mass is 9.98. The van der Waals surface area contributed by atoms with E-state index in [1.165, 1.54) is 42.4 Å². The number of amides is 2. The van der Waals surface area contributed by atoms with Crippen LogP contribution < -0.4 is 18.9 Å². The Labute approximate surface area is 597 Å². The molecule has 0 spiro atoms. The summed E-state index contributed by atoms with van der Waals surface area (Å²) in [6.07, 6.45) is 4.31. The predicted molar refractivity (Wildman–Crippen MR) is 393 cm³/mol. The van der Waals surface area contributed by atoms with E-state index in [2.05, 4.69) is 128 Å². The predicted octanol–water partition coefficient (Wildman–Crippen LogP) is 14.0. The number of hydrogen-bond donors (Lipinski definition) is 4. The molecule has 0 saturated carbocycles. The van der Waals surface area contributed by atoms with Gasteiger partial charge in [0.2, 0.25) is 0 Å². The van der Waals surface area contributed by atoms with E-state index in [0.717, 1.165) is 88.9 Å². The first kappa shape index (κ1) is 70.0. The van der Waals surface area contributed by atoms with E-state index in [1.807, 2.05) is 114 Å². The Kier molecular flexibility index (Phi) is 23.4. The van der Waals surface area contributed by atoms with Crippen LogP contribution in [0.1, 0.15) is 84.0 Å². The minimum atomic E-state index is -0.886. The van der Waals surface area contributed by atoms with Gasteiger partial charge in [0.15, 0.2) is 24.4 Å². The maximum atomic E-state index is 13.5. The molecule has 510 valence electrons. The highest BCUT2D eigenvalue weighted by molar-refractivity contribution is 14.1. The Morgan fingerprint density at radius 2 is 0.786 bits per heavy atom. The van der Waals surface area contributed by atoms with Crippen molar-refractivity contribution < 1.29 is 58.6 Å². The van der Waals surface area contributed by atoms with Gasteiger partial charge < -0.3 is 49.2 Å². The van der Waals surface area contributed by atoms with Crippen molar-refractivity contribution in [2.45, 2.75) is 113 Å². The Hall–Kier alpha value is -7.93. The van der Waals surface area contributed by atoms with Gasteiger partial charge in [-0.05, 0) is 244 Å². The molecule has 15 rings (SSSR count). The highest BCUT2D eigenvalue weighted by Gasteiger charge is 2.37. The van der Waals surface area contributed by atoms with E-state index in [4.69, 9.17) is 29.2 Å². The number of aliphatic hydroxyl groups excluding tert-OH is 2. The second-order valence-electron chi connectivity index (χ2n) is 25.6. The van der Waals surface area contributed by atoms with E-state index in [9.17, 15) is 29.4 Å². The van der Waals surface area contributed by atoms with E-state index >= 15 is 0 Å². The number of carboxylic acids is 2. The maximum absolute atomic E-state index is 13.5. The molecule has 9 aromatic rings. The fourth-order valence-electron chi connectivity index (χ4n) is 13.5. The zero-order chi connectivity index (χ0) is 68.2. The van der Waals surface area contributed by atoms with Gasteiger partial charge >= 0.3 is 11.9 Å². The monoisotopic (exact) mass is 1490 g/mol. The number of hydrogen-bond acceptors (Lipinski definition) is 15. The molecule has 4 N–H and O–H groups in total. The normalized spacial score (nSPS) is 20.4. The third kappa shape index (κ3) is 17.5. The number of halogens is 1. The second kappa shape index (κ2) is 32.8. The molecule has 2 amide bonds. The molecule has 6 aliphatic rings. The van der Waals surface area contributed by atoms with Gasteiger partial charge in [0, 0.05) is 71.6 Å². The zero-order valence-corrected chi connectivity index (χ0v) is 59.4. The Morgan fingerprint density at radius 1 is 0.449 bits per heavy atom. The number of thiophene rings is 3. The number of carbonyl (C=O) groups excluding carboxylic acids is 2. The van der Waals surface area contributed by atoms with Crippen LogP contribution in [0.25, 0.3) is 31.3 Å². The molecule has 2 saturated heterocycles. The Morgan fingerprint density at radius 3 is 1.11 bits per heavy atom. The van der Waals surface area contributed by atoms with Gasteiger partial charge in [0.25, 0.3) is 11.8 Å². The molecule has 8 atom stereocenters. The summed E-state index contributed by atoms with van der Waals surface area (Å²) in [7, 11) is 3.76. The highest BCUT2D eigenvalue weighted by Crippen LogP contribution is 2.39. The number of carbonyl (C=O) groups is 4. The molecule has 98 heavy (non-hydrogen) atoms. The average molecular weight is 1490 g/mol. The molecule has 0 bridgehead atoms. The lowest BCUT2D eigenvalue weighted by molar-refractivity contribution is -0.146. The molecule has 3 aromatic heterocycles. The summed E-state index contributed by atoms with van der Waals surface area (Å²) in [6, 6.07) is 56.9. The number of ether oxygens (including phenoxy) is 4. The number of β-amino-alcohol motifs (C(OH)–C–C–N with tert-alkyl or cyclic N) is 2. The number of fused-ring (bicyclic) bond motifs is 4. The van der Waals surface area contributed by atoms with Crippen LogP contribution in [0, 0.1) is 3.57 Å². The summed E-state index contributed by atoms with van der Waals surface area (Å²) in [4.78, 5) is 60.6. The number of likely N-dealkylation sites (tertiary alicyclic amines) is 2. The Bertz CT molecular complexity index is 3970. The first-order chi connectivity index (χ1) is 47.6. The first-order valence-corrected chi connectivity index (χ1v) is 37.1. The van der Waals surface area contributed by atoms with Crippen LogP contribution in [-0.2, 0) is 44.9 Å². The van der Waals surface area contributed by atoms with Crippen LogP contribution in [0.3, 0.4) is 0 Å². The van der Waals surface area contributed by atoms with Crippen LogP contribution in [0.15, 0.2) is 186 Å². The van der Waals surface area contributed by atoms with Crippen molar-refractivity contribution in [1.82, 2.24) is 19.6 Å². The van der Waals surface area contributed by atoms with Gasteiger partial charge in [-0.15, -0.1) is 34.0 Å². The molecular formula is C78H81IN4O12S3. The summed E-state index contributed by atoms with van der Waals surface area (Å²) < 4.78 is 24.4. The average Bonchev–Trinajstić information content (AvgIpc) is 1.11. The third-order valence-corrected chi connectivity index (χ3v) is 22.3. The van der Waals surface area contributed by atoms with Crippen molar-refractivity contribution in [1.29, 1.82) is 0 Å². The second-order valence-corrected chi connectivity index (χ2v) is 29.7. The van der Waals surface area contributed by atoms with E-state index in [0.29, 0.717) is 63.4 Å². The van der Waals surface area contributed by atoms with Gasteiger partial charge in [0.05, 0.1) is 24.3 Å². The molecule has 4 unspecified atom stereocenters. The molecule has 6 aliphatic heterocycles. The topological polar surface area (TPSA) is 199 Å². The summed E-state index contributed by atoms with van der Waals surface area (Å²) >= 11 is 7.39. The fourth-order valence-corrected chi connectivity index (χ4v) is 16.2. The summed E-state index contributed by atoms with van der Waals surface area (Å²) in [5.41, 5.74) is 10.3.